The van der Waals surface area contributed by atoms with Crippen LogP contribution >= 0.6 is 0 Å². The van der Waals surface area contributed by atoms with Crippen LogP contribution in [0.3, 0.4) is 0 Å². The van der Waals surface area contributed by atoms with Gasteiger partial charge >= 0.3 is 23.1 Å². The smallest absolute Gasteiger partial charge is 1.00 e. The van der Waals surface area contributed by atoms with Gasteiger partial charge in [0.2, 0.25) is 0 Å². The number of rotatable bonds is 13. The number of unbranched alkanes of at least 4 members (excludes halogenated alkanes) is 7. The van der Waals surface area contributed by atoms with E-state index in [1.54, 1.807) is 0 Å². The Balaban J connectivity index is -0.00000128. The van der Waals surface area contributed by atoms with Crippen LogP contribution in [0.1, 0.15) is 71.1 Å². The maximum atomic E-state index is 5.59. The van der Waals surface area contributed by atoms with E-state index in [9.17, 15) is 0 Å². The van der Waals surface area contributed by atoms with Crippen molar-refractivity contribution in [2.24, 2.45) is 0 Å². The van der Waals surface area contributed by atoms with Crippen LogP contribution in [0.15, 0.2) is 12.2 Å². The number of hydrogen-bond donors (Lipinski definition) is 0. The van der Waals surface area contributed by atoms with Gasteiger partial charge in [-0.1, -0.05) is 51.5 Å². The molecule has 3 heteroatoms. The zero-order chi connectivity index (χ0) is 12.6. The average molecular weight is 344 g/mol. The van der Waals surface area contributed by atoms with E-state index in [0.717, 1.165) is 32.5 Å². The van der Waals surface area contributed by atoms with Gasteiger partial charge in [0.15, 0.2) is 0 Å². The SMILES string of the molecule is [Br-].[CH2-]C/C=C/CCCOCCCCCCCCC.[Mg+2]. The molecule has 0 aliphatic carbocycles. The zero-order valence-electron chi connectivity index (χ0n) is 12.8. The van der Waals surface area contributed by atoms with Gasteiger partial charge in [0.25, 0.3) is 0 Å². The van der Waals surface area contributed by atoms with E-state index < -0.39 is 0 Å². The molecule has 0 amide bonds. The van der Waals surface area contributed by atoms with Gasteiger partial charge in [-0.2, -0.15) is 6.42 Å². The van der Waals surface area contributed by atoms with Crippen LogP contribution in [0.5, 0.6) is 0 Å². The fourth-order valence-corrected chi connectivity index (χ4v) is 1.80. The molecule has 0 fully saturated rings. The first-order valence-corrected chi connectivity index (χ1v) is 7.43. The second-order valence-corrected chi connectivity index (χ2v) is 4.64. The molecule has 0 radical (unpaired) electrons. The summed E-state index contributed by atoms with van der Waals surface area (Å²) in [5, 5.41) is 0. The van der Waals surface area contributed by atoms with E-state index >= 15 is 0 Å². The Morgan fingerprint density at radius 1 is 0.842 bits per heavy atom. The molecule has 0 unspecified atom stereocenters. The van der Waals surface area contributed by atoms with Crippen LogP contribution in [-0.2, 0) is 4.74 Å². The summed E-state index contributed by atoms with van der Waals surface area (Å²) in [5.74, 6) is 0. The normalized spacial score (nSPS) is 10.2. The van der Waals surface area contributed by atoms with E-state index in [0.29, 0.717) is 0 Å². The molecule has 0 saturated heterocycles. The summed E-state index contributed by atoms with van der Waals surface area (Å²) in [6, 6.07) is 0. The molecular formula is C16H31BrMgO. The Kier molecular flexibility index (Phi) is 31.5. The first-order chi connectivity index (χ1) is 8.41. The molecule has 1 nitrogen and oxygen atoms in total. The third kappa shape index (κ3) is 24.4. The second kappa shape index (κ2) is 24.0. The number of halogens is 1. The Bertz CT molecular complexity index is 163. The van der Waals surface area contributed by atoms with Crippen molar-refractivity contribution in [3.8, 4) is 0 Å². The van der Waals surface area contributed by atoms with Gasteiger partial charge < -0.3 is 28.6 Å². The molecule has 0 saturated carbocycles. The van der Waals surface area contributed by atoms with Crippen LogP contribution in [0.25, 0.3) is 0 Å². The number of allylic oxidation sites excluding steroid dienone is 2. The van der Waals surface area contributed by atoms with E-state index in [1.807, 2.05) is 0 Å². The van der Waals surface area contributed by atoms with Crippen molar-refractivity contribution in [2.45, 2.75) is 71.1 Å². The van der Waals surface area contributed by atoms with Gasteiger partial charge in [0.1, 0.15) is 0 Å². The van der Waals surface area contributed by atoms with Gasteiger partial charge in [0, 0.05) is 13.2 Å². The quantitative estimate of drug-likeness (QED) is 0.215. The van der Waals surface area contributed by atoms with E-state index in [2.05, 4.69) is 26.0 Å². The van der Waals surface area contributed by atoms with Crippen molar-refractivity contribution >= 4 is 23.1 Å². The molecule has 0 atom stereocenters. The third-order valence-corrected chi connectivity index (χ3v) is 2.89. The van der Waals surface area contributed by atoms with Gasteiger partial charge in [-0.15, -0.1) is 6.08 Å². The van der Waals surface area contributed by atoms with Crippen LogP contribution in [-0.4, -0.2) is 36.3 Å². The third-order valence-electron chi connectivity index (χ3n) is 2.89. The van der Waals surface area contributed by atoms with Gasteiger partial charge in [-0.05, 0) is 19.3 Å². The number of hydrogen-bond acceptors (Lipinski definition) is 1. The summed E-state index contributed by atoms with van der Waals surface area (Å²) in [6.07, 6.45) is 17.0. The maximum absolute atomic E-state index is 5.59. The minimum atomic E-state index is 0. The van der Waals surface area contributed by atoms with E-state index in [-0.39, 0.29) is 40.0 Å². The van der Waals surface area contributed by atoms with Crippen molar-refractivity contribution in [3.05, 3.63) is 19.1 Å². The molecule has 0 bridgehead atoms. The standard InChI is InChI=1S/C16H31O.BrH.Mg/c1-3-5-7-9-10-12-14-16-17-15-13-11-8-6-4-2;;/h6,8H,2-5,7,9-16H2,1H3;1H;/q-1;;+2/p-1/b8-6+;;. The Labute approximate surface area is 147 Å². The molecule has 0 aromatic rings. The fraction of sp³-hybridized carbons (Fsp3) is 0.812. The monoisotopic (exact) mass is 342 g/mol. The molecule has 0 aliphatic heterocycles. The summed E-state index contributed by atoms with van der Waals surface area (Å²) >= 11 is 0. The number of ether oxygens (including phenoxy) is 1. The van der Waals surface area contributed by atoms with E-state index in [4.69, 9.17) is 4.74 Å². The molecule has 0 spiro atoms. The second-order valence-electron chi connectivity index (χ2n) is 4.64. The van der Waals surface area contributed by atoms with Crippen molar-refractivity contribution < 1.29 is 21.7 Å². The van der Waals surface area contributed by atoms with Gasteiger partial charge in [0.05, 0.1) is 0 Å². The van der Waals surface area contributed by atoms with Crippen LogP contribution in [0, 0.1) is 6.92 Å². The largest absolute Gasteiger partial charge is 2.00 e. The molecule has 0 aliphatic rings. The Morgan fingerprint density at radius 3 is 2.05 bits per heavy atom. The predicted molar refractivity (Wildman–Crippen MR) is 82.9 cm³/mol. The average Bonchev–Trinajstić information content (AvgIpc) is 2.35. The van der Waals surface area contributed by atoms with Crippen molar-refractivity contribution in [3.63, 3.8) is 0 Å². The van der Waals surface area contributed by atoms with Crippen molar-refractivity contribution in [1.82, 2.24) is 0 Å². The minimum Gasteiger partial charge on any atom is -1.00 e. The molecule has 0 rings (SSSR count). The minimum absolute atomic E-state index is 0. The predicted octanol–water partition coefficient (Wildman–Crippen LogP) is 1.94. The Hall–Kier alpha value is 0.946. The molecular weight excluding hydrogens is 312 g/mol. The molecule has 0 heterocycles. The molecule has 19 heavy (non-hydrogen) atoms. The van der Waals surface area contributed by atoms with Crippen LogP contribution < -0.4 is 17.0 Å². The maximum Gasteiger partial charge on any atom is 2.00 e. The van der Waals surface area contributed by atoms with Crippen LogP contribution in [0.2, 0.25) is 0 Å². The van der Waals surface area contributed by atoms with Gasteiger partial charge in [-0.3, -0.25) is 0 Å². The molecule has 110 valence electrons. The molecule has 0 aromatic heterocycles. The molecule has 0 N–H and O–H groups in total. The van der Waals surface area contributed by atoms with Crippen LogP contribution in [0.4, 0.5) is 0 Å². The van der Waals surface area contributed by atoms with E-state index in [1.165, 1.54) is 44.9 Å². The first-order valence-electron chi connectivity index (χ1n) is 7.43. The summed E-state index contributed by atoms with van der Waals surface area (Å²) in [7, 11) is 0. The Morgan fingerprint density at radius 2 is 1.42 bits per heavy atom. The zero-order valence-corrected chi connectivity index (χ0v) is 15.8. The summed E-state index contributed by atoms with van der Waals surface area (Å²) < 4.78 is 5.59. The summed E-state index contributed by atoms with van der Waals surface area (Å²) in [5.41, 5.74) is 0. The molecule has 0 aromatic carbocycles. The summed E-state index contributed by atoms with van der Waals surface area (Å²) in [6.45, 7) is 7.89. The fourth-order valence-electron chi connectivity index (χ4n) is 1.80. The van der Waals surface area contributed by atoms with Crippen molar-refractivity contribution in [1.29, 1.82) is 0 Å². The first kappa shape index (κ1) is 24.9. The van der Waals surface area contributed by atoms with Gasteiger partial charge in [-0.25, -0.2) is 0 Å². The van der Waals surface area contributed by atoms with Crippen molar-refractivity contribution in [2.75, 3.05) is 13.2 Å². The summed E-state index contributed by atoms with van der Waals surface area (Å²) in [4.78, 5) is 0. The topological polar surface area (TPSA) is 9.23 Å².